The van der Waals surface area contributed by atoms with Crippen LogP contribution in [0.2, 0.25) is 0 Å². The van der Waals surface area contributed by atoms with Crippen molar-refractivity contribution in [3.8, 4) is 17.1 Å². The summed E-state index contributed by atoms with van der Waals surface area (Å²) >= 11 is 0. The second-order valence-electron chi connectivity index (χ2n) is 6.96. The Morgan fingerprint density at radius 1 is 1.14 bits per heavy atom. The molecule has 1 amide bonds. The van der Waals surface area contributed by atoms with Crippen LogP contribution in [-0.4, -0.2) is 40.6 Å². The summed E-state index contributed by atoms with van der Waals surface area (Å²) in [4.78, 5) is 18.9. The lowest BCUT2D eigenvalue weighted by Crippen LogP contribution is -2.48. The molecule has 3 aromatic rings. The second-order valence-corrected chi connectivity index (χ2v) is 6.96. The zero-order chi connectivity index (χ0) is 19.3. The van der Waals surface area contributed by atoms with Crippen LogP contribution in [0.1, 0.15) is 41.9 Å². The van der Waals surface area contributed by atoms with E-state index >= 15 is 0 Å². The number of rotatable bonds is 7. The average Bonchev–Trinajstić information content (AvgIpc) is 3.18. The summed E-state index contributed by atoms with van der Waals surface area (Å²) < 4.78 is 11.0. The van der Waals surface area contributed by atoms with E-state index in [4.69, 9.17) is 9.26 Å². The topological polar surface area (TPSA) is 68.5 Å². The van der Waals surface area contributed by atoms with Gasteiger partial charge in [-0.15, -0.1) is 0 Å². The molecule has 144 valence electrons. The number of unbranched alkanes of at least 4 members (excludes halogenated alkanes) is 1. The first-order valence-electron chi connectivity index (χ1n) is 9.65. The van der Waals surface area contributed by atoms with Gasteiger partial charge in [-0.1, -0.05) is 48.8 Å². The van der Waals surface area contributed by atoms with Crippen molar-refractivity contribution in [1.82, 2.24) is 15.0 Å². The van der Waals surface area contributed by atoms with Crippen LogP contribution in [-0.2, 0) is 0 Å². The Balaban J connectivity index is 1.32. The molecule has 4 rings (SSSR count). The summed E-state index contributed by atoms with van der Waals surface area (Å²) in [5.41, 5.74) is 1.59. The summed E-state index contributed by atoms with van der Waals surface area (Å²) in [6, 6.07) is 17.1. The van der Waals surface area contributed by atoms with Crippen LogP contribution < -0.4 is 4.74 Å². The molecule has 0 saturated carbocycles. The minimum Gasteiger partial charge on any atom is -0.494 e. The fourth-order valence-electron chi connectivity index (χ4n) is 3.12. The first kappa shape index (κ1) is 18.2. The van der Waals surface area contributed by atoms with Crippen LogP contribution in [0.25, 0.3) is 11.4 Å². The van der Waals surface area contributed by atoms with E-state index in [1.165, 1.54) is 0 Å². The van der Waals surface area contributed by atoms with Gasteiger partial charge >= 0.3 is 0 Å². The van der Waals surface area contributed by atoms with Crippen molar-refractivity contribution in [2.75, 3.05) is 19.7 Å². The van der Waals surface area contributed by atoms with E-state index in [2.05, 4.69) is 17.1 Å². The van der Waals surface area contributed by atoms with E-state index in [-0.39, 0.29) is 11.8 Å². The van der Waals surface area contributed by atoms with Crippen molar-refractivity contribution in [3.05, 3.63) is 66.1 Å². The van der Waals surface area contributed by atoms with Gasteiger partial charge in [-0.25, -0.2) is 0 Å². The number of carbonyl (C=O) groups excluding carboxylic acids is 1. The molecule has 6 nitrogen and oxygen atoms in total. The Kier molecular flexibility index (Phi) is 5.37. The van der Waals surface area contributed by atoms with Crippen molar-refractivity contribution in [1.29, 1.82) is 0 Å². The quantitative estimate of drug-likeness (QED) is 0.579. The fourth-order valence-corrected chi connectivity index (χ4v) is 3.12. The van der Waals surface area contributed by atoms with Crippen LogP contribution in [0.4, 0.5) is 0 Å². The molecule has 1 fully saturated rings. The zero-order valence-corrected chi connectivity index (χ0v) is 15.9. The standard InChI is InChI=1S/C22H23N3O3/c1-2-3-13-27-19-11-9-17(10-12-19)22(26)25-14-18(15-25)21-23-20(24-28-21)16-7-5-4-6-8-16/h4-12,18H,2-3,13-15H2,1H3. The Labute approximate surface area is 164 Å². The Bertz CT molecular complexity index is 916. The molecule has 0 unspecified atom stereocenters. The van der Waals surface area contributed by atoms with Gasteiger partial charge in [0, 0.05) is 24.2 Å². The van der Waals surface area contributed by atoms with Crippen LogP contribution in [0.3, 0.4) is 0 Å². The number of hydrogen-bond acceptors (Lipinski definition) is 5. The van der Waals surface area contributed by atoms with Gasteiger partial charge in [0.2, 0.25) is 11.7 Å². The lowest BCUT2D eigenvalue weighted by Gasteiger charge is -2.37. The SMILES string of the molecule is CCCCOc1ccc(C(=O)N2CC(c3nc(-c4ccccc4)no3)C2)cc1. The predicted molar refractivity (Wildman–Crippen MR) is 105 cm³/mol. The molecule has 0 radical (unpaired) electrons. The number of carbonyl (C=O) groups is 1. The molecule has 6 heteroatoms. The Morgan fingerprint density at radius 3 is 2.61 bits per heavy atom. The van der Waals surface area contributed by atoms with Crippen LogP contribution in [0.15, 0.2) is 59.1 Å². The minimum absolute atomic E-state index is 0.0131. The van der Waals surface area contributed by atoms with Gasteiger partial charge < -0.3 is 14.2 Å². The molecule has 28 heavy (non-hydrogen) atoms. The lowest BCUT2D eigenvalue weighted by molar-refractivity contribution is 0.0569. The van der Waals surface area contributed by atoms with E-state index in [1.807, 2.05) is 54.6 Å². The largest absolute Gasteiger partial charge is 0.494 e. The number of benzene rings is 2. The van der Waals surface area contributed by atoms with Gasteiger partial charge in [0.25, 0.3) is 5.91 Å². The molecule has 1 aromatic heterocycles. The van der Waals surface area contributed by atoms with Crippen LogP contribution in [0.5, 0.6) is 5.75 Å². The van der Waals surface area contributed by atoms with E-state index < -0.39 is 0 Å². The van der Waals surface area contributed by atoms with Gasteiger partial charge in [0.1, 0.15) is 5.75 Å². The molecule has 2 aromatic carbocycles. The van der Waals surface area contributed by atoms with Crippen molar-refractivity contribution < 1.29 is 14.1 Å². The molecule has 1 saturated heterocycles. The van der Waals surface area contributed by atoms with Gasteiger partial charge in [-0.3, -0.25) is 4.79 Å². The van der Waals surface area contributed by atoms with E-state index in [9.17, 15) is 4.79 Å². The fraction of sp³-hybridized carbons (Fsp3) is 0.318. The normalized spacial score (nSPS) is 14.0. The van der Waals surface area contributed by atoms with Crippen molar-refractivity contribution in [2.24, 2.45) is 0 Å². The third kappa shape index (κ3) is 3.91. The molecule has 0 atom stereocenters. The van der Waals surface area contributed by atoms with Crippen molar-refractivity contribution in [2.45, 2.75) is 25.7 Å². The van der Waals surface area contributed by atoms with Crippen LogP contribution in [0, 0.1) is 0 Å². The molecular formula is C22H23N3O3. The summed E-state index contributed by atoms with van der Waals surface area (Å²) in [7, 11) is 0. The number of hydrogen-bond donors (Lipinski definition) is 0. The summed E-state index contributed by atoms with van der Waals surface area (Å²) in [5, 5.41) is 4.05. The third-order valence-corrected chi connectivity index (χ3v) is 4.86. The Morgan fingerprint density at radius 2 is 1.89 bits per heavy atom. The molecular weight excluding hydrogens is 354 g/mol. The summed E-state index contributed by atoms with van der Waals surface area (Å²) in [6.45, 7) is 4.00. The number of amides is 1. The monoisotopic (exact) mass is 377 g/mol. The molecule has 1 aliphatic heterocycles. The number of nitrogens with zero attached hydrogens (tertiary/aromatic N) is 3. The maximum atomic E-state index is 12.6. The molecule has 1 aliphatic rings. The highest BCUT2D eigenvalue weighted by Gasteiger charge is 2.36. The predicted octanol–water partition coefficient (Wildman–Crippen LogP) is 4.16. The Hall–Kier alpha value is -3.15. The van der Waals surface area contributed by atoms with Gasteiger partial charge in [0.05, 0.1) is 12.5 Å². The lowest BCUT2D eigenvalue weighted by atomic mass is 9.98. The highest BCUT2D eigenvalue weighted by molar-refractivity contribution is 5.95. The second kappa shape index (κ2) is 8.25. The van der Waals surface area contributed by atoms with Gasteiger partial charge in [0.15, 0.2) is 0 Å². The van der Waals surface area contributed by atoms with Crippen LogP contribution >= 0.6 is 0 Å². The highest BCUT2D eigenvalue weighted by Crippen LogP contribution is 2.29. The smallest absolute Gasteiger partial charge is 0.253 e. The minimum atomic E-state index is 0.0131. The van der Waals surface area contributed by atoms with Crippen molar-refractivity contribution in [3.63, 3.8) is 0 Å². The van der Waals surface area contributed by atoms with Gasteiger partial charge in [-0.2, -0.15) is 4.98 Å². The number of likely N-dealkylation sites (tertiary alicyclic amines) is 1. The van der Waals surface area contributed by atoms with Crippen molar-refractivity contribution >= 4 is 5.91 Å². The first-order valence-corrected chi connectivity index (χ1v) is 9.65. The molecule has 0 aliphatic carbocycles. The zero-order valence-electron chi connectivity index (χ0n) is 15.9. The molecule has 2 heterocycles. The maximum absolute atomic E-state index is 12.6. The van der Waals surface area contributed by atoms with E-state index in [0.29, 0.717) is 37.0 Å². The summed E-state index contributed by atoms with van der Waals surface area (Å²) in [5.74, 6) is 2.07. The maximum Gasteiger partial charge on any atom is 0.253 e. The third-order valence-electron chi connectivity index (χ3n) is 4.86. The van der Waals surface area contributed by atoms with Gasteiger partial charge in [-0.05, 0) is 30.7 Å². The van der Waals surface area contributed by atoms with E-state index in [0.717, 1.165) is 24.2 Å². The molecule has 0 spiro atoms. The number of aromatic nitrogens is 2. The highest BCUT2D eigenvalue weighted by atomic mass is 16.5. The molecule has 0 bridgehead atoms. The number of ether oxygens (including phenoxy) is 1. The summed E-state index contributed by atoms with van der Waals surface area (Å²) in [6.07, 6.45) is 2.12. The van der Waals surface area contributed by atoms with E-state index in [1.54, 1.807) is 4.90 Å². The molecule has 0 N–H and O–H groups in total. The average molecular weight is 377 g/mol. The first-order chi connectivity index (χ1) is 13.7.